The van der Waals surface area contributed by atoms with Crippen LogP contribution >= 0.6 is 0 Å². The van der Waals surface area contributed by atoms with Gasteiger partial charge in [0.2, 0.25) is 0 Å². The molecule has 3 rings (SSSR count). The van der Waals surface area contributed by atoms with Crippen LogP contribution in [0.1, 0.15) is 60.8 Å². The fourth-order valence-corrected chi connectivity index (χ4v) is 3.34. The van der Waals surface area contributed by atoms with Gasteiger partial charge < -0.3 is 5.32 Å². The molecule has 2 aliphatic carbocycles. The van der Waals surface area contributed by atoms with Crippen molar-refractivity contribution >= 4 is 5.78 Å². The van der Waals surface area contributed by atoms with E-state index in [1.54, 1.807) is 0 Å². The Morgan fingerprint density at radius 1 is 0.947 bits per heavy atom. The van der Waals surface area contributed by atoms with Gasteiger partial charge in [0.25, 0.3) is 0 Å². The quantitative estimate of drug-likeness (QED) is 0.718. The molecule has 0 bridgehead atoms. The van der Waals surface area contributed by atoms with E-state index in [4.69, 9.17) is 0 Å². The summed E-state index contributed by atoms with van der Waals surface area (Å²) >= 11 is 0. The van der Waals surface area contributed by atoms with E-state index < -0.39 is 0 Å². The highest BCUT2D eigenvalue weighted by Gasteiger charge is 2.59. The van der Waals surface area contributed by atoms with Crippen molar-refractivity contribution in [2.45, 2.75) is 66.3 Å². The molecule has 104 valence electrons. The van der Waals surface area contributed by atoms with E-state index >= 15 is 0 Å². The van der Waals surface area contributed by atoms with Crippen molar-refractivity contribution in [3.05, 3.63) is 22.4 Å². The van der Waals surface area contributed by atoms with E-state index in [-0.39, 0.29) is 16.4 Å². The fourth-order valence-electron chi connectivity index (χ4n) is 3.34. The van der Waals surface area contributed by atoms with Gasteiger partial charge in [-0.3, -0.25) is 4.79 Å². The molecular weight excluding hydrogens is 234 g/mol. The van der Waals surface area contributed by atoms with E-state index in [9.17, 15) is 4.79 Å². The summed E-state index contributed by atoms with van der Waals surface area (Å²) in [6, 6.07) is 0. The molecular formula is C17H25NO. The Labute approximate surface area is 116 Å². The Hall–Kier alpha value is -1.05. The summed E-state index contributed by atoms with van der Waals surface area (Å²) in [6.07, 6.45) is 2.98. The second kappa shape index (κ2) is 3.34. The van der Waals surface area contributed by atoms with Gasteiger partial charge in [0.15, 0.2) is 5.78 Å². The molecule has 1 saturated carbocycles. The molecule has 0 amide bonds. The zero-order chi connectivity index (χ0) is 14.2. The summed E-state index contributed by atoms with van der Waals surface area (Å²) < 4.78 is 0. The topological polar surface area (TPSA) is 29.1 Å². The highest BCUT2D eigenvalue weighted by Crippen LogP contribution is 2.55. The lowest BCUT2D eigenvalue weighted by Crippen LogP contribution is -2.30. The molecule has 0 aromatic carbocycles. The minimum Gasteiger partial charge on any atom is -0.372 e. The predicted octanol–water partition coefficient (Wildman–Crippen LogP) is 3.74. The summed E-state index contributed by atoms with van der Waals surface area (Å²) in [6.45, 7) is 13.4. The maximum Gasteiger partial charge on any atom is 0.190 e. The molecule has 0 aromatic rings. The van der Waals surface area contributed by atoms with Gasteiger partial charge in [-0.1, -0.05) is 41.5 Å². The molecule has 19 heavy (non-hydrogen) atoms. The first kappa shape index (κ1) is 13.0. The van der Waals surface area contributed by atoms with Crippen molar-refractivity contribution in [1.29, 1.82) is 0 Å². The first-order chi connectivity index (χ1) is 8.56. The minimum absolute atomic E-state index is 0.0747. The maximum absolute atomic E-state index is 12.7. The lowest BCUT2D eigenvalue weighted by atomic mass is 9.78. The number of hydrogen-bond donors (Lipinski definition) is 1. The van der Waals surface area contributed by atoms with Gasteiger partial charge in [-0.15, -0.1) is 0 Å². The van der Waals surface area contributed by atoms with Gasteiger partial charge in [-0.2, -0.15) is 0 Å². The summed E-state index contributed by atoms with van der Waals surface area (Å²) in [5.41, 5.74) is 4.97. The predicted molar refractivity (Wildman–Crippen MR) is 77.7 cm³/mol. The molecule has 2 heteroatoms. The first-order valence-corrected chi connectivity index (χ1v) is 7.37. The van der Waals surface area contributed by atoms with E-state index in [1.165, 1.54) is 16.8 Å². The molecule has 1 N–H and O–H groups in total. The Bertz CT molecular complexity index is 531. The average Bonchev–Trinajstić information content (AvgIpc) is 2.79. The van der Waals surface area contributed by atoms with Crippen LogP contribution in [0, 0.1) is 10.8 Å². The Kier molecular flexibility index (Phi) is 2.28. The van der Waals surface area contributed by atoms with Gasteiger partial charge in [0, 0.05) is 11.3 Å². The molecule has 1 heterocycles. The summed E-state index contributed by atoms with van der Waals surface area (Å²) in [7, 11) is 0. The molecule has 0 unspecified atom stereocenters. The number of carbonyl (C=O) groups is 1. The second-order valence-electron chi connectivity index (χ2n) is 8.42. The molecule has 2 nitrogen and oxygen atoms in total. The van der Waals surface area contributed by atoms with E-state index in [0.717, 1.165) is 24.8 Å². The highest BCUT2D eigenvalue weighted by molar-refractivity contribution is 6.13. The van der Waals surface area contributed by atoms with Crippen LogP contribution in [0.5, 0.6) is 0 Å². The van der Waals surface area contributed by atoms with Crippen LogP contribution in [0.4, 0.5) is 0 Å². The summed E-state index contributed by atoms with van der Waals surface area (Å²) in [4.78, 5) is 12.7. The number of carbonyl (C=O) groups excluding carboxylic acids is 1. The summed E-state index contributed by atoms with van der Waals surface area (Å²) in [5.74, 6) is 0.367. The minimum atomic E-state index is -0.210. The first-order valence-electron chi connectivity index (χ1n) is 7.37. The number of nitrogens with one attached hydrogen (secondary N) is 1. The van der Waals surface area contributed by atoms with Gasteiger partial charge in [-0.05, 0) is 41.2 Å². The molecule has 1 aliphatic heterocycles. The summed E-state index contributed by atoms with van der Waals surface area (Å²) in [5, 5.41) is 3.58. The van der Waals surface area contributed by atoms with Crippen LogP contribution in [-0.2, 0) is 4.79 Å². The third kappa shape index (κ3) is 1.72. The van der Waals surface area contributed by atoms with E-state index in [0.29, 0.717) is 5.78 Å². The van der Waals surface area contributed by atoms with Crippen molar-refractivity contribution in [2.75, 3.05) is 0 Å². The van der Waals surface area contributed by atoms with Gasteiger partial charge >= 0.3 is 0 Å². The monoisotopic (exact) mass is 259 g/mol. The van der Waals surface area contributed by atoms with Crippen LogP contribution in [0.15, 0.2) is 22.4 Å². The number of allylic oxidation sites excluding steroid dienone is 3. The van der Waals surface area contributed by atoms with Crippen molar-refractivity contribution in [3.63, 3.8) is 0 Å². The zero-order valence-electron chi connectivity index (χ0n) is 13.0. The van der Waals surface area contributed by atoms with Gasteiger partial charge in [0.1, 0.15) is 5.54 Å². The largest absolute Gasteiger partial charge is 0.372 e. The average molecular weight is 259 g/mol. The maximum atomic E-state index is 12.7. The van der Waals surface area contributed by atoms with Crippen molar-refractivity contribution in [3.8, 4) is 0 Å². The Morgan fingerprint density at radius 2 is 1.47 bits per heavy atom. The Morgan fingerprint density at radius 3 is 1.89 bits per heavy atom. The Balaban J connectivity index is 2.15. The molecule has 0 atom stereocenters. The second-order valence-corrected chi connectivity index (χ2v) is 8.42. The molecule has 2 fully saturated rings. The lowest BCUT2D eigenvalue weighted by Gasteiger charge is -2.27. The molecule has 3 aliphatic rings. The standard InChI is InChI=1S/C17H25NO/c1-15(2,3)10-9-11(16(4,5)6)13-12(10)14(19)17(18-13)7-8-17/h18H,7-9H2,1-6H3. The number of ketones is 1. The SMILES string of the molecule is CC(C)(C)C1=C2NC3(CC3)C(=O)C2=C(C(C)(C)C)C1. The van der Waals surface area contributed by atoms with E-state index in [2.05, 4.69) is 46.9 Å². The molecule has 1 saturated heterocycles. The fraction of sp³-hybridized carbons (Fsp3) is 0.706. The number of Topliss-reactive ketones (excluding diaryl/α,β-unsaturated/α-hetero) is 1. The highest BCUT2D eigenvalue weighted by atomic mass is 16.1. The third-order valence-corrected chi connectivity index (χ3v) is 4.79. The number of rotatable bonds is 0. The number of hydrogen-bond acceptors (Lipinski definition) is 2. The van der Waals surface area contributed by atoms with Crippen LogP contribution in [0.3, 0.4) is 0 Å². The van der Waals surface area contributed by atoms with Crippen LogP contribution < -0.4 is 5.32 Å². The van der Waals surface area contributed by atoms with Crippen LogP contribution in [0.2, 0.25) is 0 Å². The third-order valence-electron chi connectivity index (χ3n) is 4.79. The molecule has 0 aromatic heterocycles. The van der Waals surface area contributed by atoms with Crippen LogP contribution in [0.25, 0.3) is 0 Å². The van der Waals surface area contributed by atoms with Crippen molar-refractivity contribution in [1.82, 2.24) is 5.32 Å². The number of fused-ring (bicyclic) bond motifs is 1. The van der Waals surface area contributed by atoms with Gasteiger partial charge in [0.05, 0.1) is 0 Å². The lowest BCUT2D eigenvalue weighted by molar-refractivity contribution is -0.116. The molecule has 0 radical (unpaired) electrons. The molecule has 1 spiro atoms. The normalized spacial score (nSPS) is 25.3. The van der Waals surface area contributed by atoms with Gasteiger partial charge in [-0.25, -0.2) is 0 Å². The zero-order valence-corrected chi connectivity index (χ0v) is 13.0. The van der Waals surface area contributed by atoms with Crippen LogP contribution in [-0.4, -0.2) is 11.3 Å². The van der Waals surface area contributed by atoms with Crippen molar-refractivity contribution in [2.24, 2.45) is 10.8 Å². The smallest absolute Gasteiger partial charge is 0.190 e. The van der Waals surface area contributed by atoms with Crippen molar-refractivity contribution < 1.29 is 4.79 Å². The van der Waals surface area contributed by atoms with E-state index in [1.807, 2.05) is 0 Å².